The van der Waals surface area contributed by atoms with Gasteiger partial charge in [0.2, 0.25) is 5.91 Å². The smallest absolute Gasteiger partial charge is 0.257 e. The number of aryl methyl sites for hydroxylation is 1. The number of nitrogens with zero attached hydrogens (tertiary/aromatic N) is 3. The van der Waals surface area contributed by atoms with Crippen LogP contribution in [-0.2, 0) is 4.79 Å². The molecule has 0 atom stereocenters. The van der Waals surface area contributed by atoms with Crippen LogP contribution in [0.2, 0.25) is 0 Å². The number of benzene rings is 1. The first kappa shape index (κ1) is 16.2. The van der Waals surface area contributed by atoms with Crippen LogP contribution < -0.4 is 5.32 Å². The van der Waals surface area contributed by atoms with E-state index in [2.05, 4.69) is 15.5 Å². The summed E-state index contributed by atoms with van der Waals surface area (Å²) in [5.41, 5.74) is 1.29. The van der Waals surface area contributed by atoms with Gasteiger partial charge < -0.3 is 14.7 Å². The molecule has 0 radical (unpaired) electrons. The van der Waals surface area contributed by atoms with Crippen LogP contribution in [-0.4, -0.2) is 46.5 Å². The molecule has 2 heterocycles. The zero-order valence-corrected chi connectivity index (χ0v) is 13.6. The van der Waals surface area contributed by atoms with Gasteiger partial charge in [-0.05, 0) is 44.0 Å². The molecule has 0 unspecified atom stereocenters. The van der Waals surface area contributed by atoms with Gasteiger partial charge in [0, 0.05) is 37.2 Å². The number of hydrogen-bond acceptors (Lipinski definition) is 5. The highest BCUT2D eigenvalue weighted by atomic mass is 16.5. The highest BCUT2D eigenvalue weighted by Gasteiger charge is 2.17. The lowest BCUT2D eigenvalue weighted by Crippen LogP contribution is -2.32. The molecule has 1 aromatic heterocycles. The van der Waals surface area contributed by atoms with Crippen molar-refractivity contribution in [1.82, 2.24) is 20.4 Å². The molecule has 0 aliphatic carbocycles. The molecule has 7 nitrogen and oxygen atoms in total. The molecular formula is C17H20N4O3. The topological polar surface area (TPSA) is 88.3 Å². The normalized spacial score (nSPS) is 14.0. The van der Waals surface area contributed by atoms with E-state index in [9.17, 15) is 9.59 Å². The van der Waals surface area contributed by atoms with Crippen LogP contribution in [0.3, 0.4) is 0 Å². The van der Waals surface area contributed by atoms with Crippen LogP contribution in [0.1, 0.15) is 35.4 Å². The second kappa shape index (κ2) is 7.25. The molecule has 2 aromatic rings. The quantitative estimate of drug-likeness (QED) is 0.904. The zero-order chi connectivity index (χ0) is 16.9. The molecule has 7 heteroatoms. The number of hydrogen-bond donors (Lipinski definition) is 1. The Morgan fingerprint density at radius 3 is 2.54 bits per heavy atom. The molecular weight excluding hydrogens is 308 g/mol. The van der Waals surface area contributed by atoms with Crippen molar-refractivity contribution in [1.29, 1.82) is 0 Å². The van der Waals surface area contributed by atoms with Gasteiger partial charge >= 0.3 is 0 Å². The number of carbonyl (C=O) groups excluding carboxylic acids is 2. The van der Waals surface area contributed by atoms with Crippen LogP contribution in [0.4, 0.5) is 0 Å². The minimum Gasteiger partial charge on any atom is -0.352 e. The van der Waals surface area contributed by atoms with Gasteiger partial charge in [0.25, 0.3) is 11.8 Å². The predicted octanol–water partition coefficient (Wildman–Crippen LogP) is 1.79. The Labute approximate surface area is 140 Å². The van der Waals surface area contributed by atoms with E-state index in [1.54, 1.807) is 31.2 Å². The number of nitrogens with one attached hydrogen (secondary N) is 1. The van der Waals surface area contributed by atoms with E-state index in [1.165, 1.54) is 0 Å². The van der Waals surface area contributed by atoms with Gasteiger partial charge in [0.15, 0.2) is 5.82 Å². The summed E-state index contributed by atoms with van der Waals surface area (Å²) in [6, 6.07) is 6.92. The summed E-state index contributed by atoms with van der Waals surface area (Å²) in [6.07, 6.45) is 2.49. The van der Waals surface area contributed by atoms with Gasteiger partial charge in [-0.1, -0.05) is 5.16 Å². The van der Waals surface area contributed by atoms with E-state index in [0.717, 1.165) is 31.5 Å². The summed E-state index contributed by atoms with van der Waals surface area (Å²) in [5, 5.41) is 6.52. The lowest BCUT2D eigenvalue weighted by atomic mass is 10.1. The number of carbonyl (C=O) groups is 2. The lowest BCUT2D eigenvalue weighted by Gasteiger charge is -2.15. The monoisotopic (exact) mass is 328 g/mol. The fourth-order valence-corrected chi connectivity index (χ4v) is 2.69. The van der Waals surface area contributed by atoms with E-state index in [-0.39, 0.29) is 11.8 Å². The number of amides is 2. The van der Waals surface area contributed by atoms with E-state index in [0.29, 0.717) is 30.2 Å². The van der Waals surface area contributed by atoms with Gasteiger partial charge in [-0.25, -0.2) is 0 Å². The summed E-state index contributed by atoms with van der Waals surface area (Å²) in [4.78, 5) is 30.0. The van der Waals surface area contributed by atoms with Gasteiger partial charge in [-0.15, -0.1) is 0 Å². The lowest BCUT2D eigenvalue weighted by molar-refractivity contribution is -0.129. The van der Waals surface area contributed by atoms with E-state index in [1.807, 2.05) is 4.90 Å². The molecule has 1 aliphatic rings. The summed E-state index contributed by atoms with van der Waals surface area (Å²) in [5.74, 6) is 0.901. The Hall–Kier alpha value is -2.70. The van der Waals surface area contributed by atoms with E-state index >= 15 is 0 Å². The van der Waals surface area contributed by atoms with Gasteiger partial charge in [-0.3, -0.25) is 9.59 Å². The first-order chi connectivity index (χ1) is 11.6. The standard InChI is InChI=1S/C17H20N4O3/c1-12-19-17(24-20-12)14-6-4-13(5-7-14)16(23)18-9-8-15(22)21-10-2-3-11-21/h4-7H,2-3,8-11H2,1H3,(H,18,23). The van der Waals surface area contributed by atoms with Crippen LogP contribution in [0.15, 0.2) is 28.8 Å². The van der Waals surface area contributed by atoms with E-state index < -0.39 is 0 Å². The fraction of sp³-hybridized carbons (Fsp3) is 0.412. The van der Waals surface area contributed by atoms with Crippen molar-refractivity contribution in [2.75, 3.05) is 19.6 Å². The summed E-state index contributed by atoms with van der Waals surface area (Å²) < 4.78 is 5.09. The van der Waals surface area contributed by atoms with Crippen molar-refractivity contribution in [3.05, 3.63) is 35.7 Å². The summed E-state index contributed by atoms with van der Waals surface area (Å²) in [6.45, 7) is 3.77. The molecule has 3 rings (SSSR count). The van der Waals surface area contributed by atoms with Gasteiger partial charge in [0.05, 0.1) is 0 Å². The maximum Gasteiger partial charge on any atom is 0.257 e. The van der Waals surface area contributed by atoms with Crippen LogP contribution in [0, 0.1) is 6.92 Å². The van der Waals surface area contributed by atoms with Crippen LogP contribution in [0.5, 0.6) is 0 Å². The molecule has 126 valence electrons. The Kier molecular flexibility index (Phi) is 4.88. The largest absolute Gasteiger partial charge is 0.352 e. The summed E-state index contributed by atoms with van der Waals surface area (Å²) >= 11 is 0. The first-order valence-electron chi connectivity index (χ1n) is 8.10. The molecule has 1 aromatic carbocycles. The van der Waals surface area contributed by atoms with Crippen LogP contribution >= 0.6 is 0 Å². The highest BCUT2D eigenvalue weighted by Crippen LogP contribution is 2.17. The Bertz CT molecular complexity index is 718. The van der Waals surface area contributed by atoms with Crippen molar-refractivity contribution in [3.63, 3.8) is 0 Å². The van der Waals surface area contributed by atoms with Crippen molar-refractivity contribution >= 4 is 11.8 Å². The Balaban J connectivity index is 1.50. The second-order valence-electron chi connectivity index (χ2n) is 5.82. The molecule has 0 spiro atoms. The molecule has 0 bridgehead atoms. The van der Waals surface area contributed by atoms with Gasteiger partial charge in [0.1, 0.15) is 0 Å². The molecule has 1 N–H and O–H groups in total. The average Bonchev–Trinajstić information content (AvgIpc) is 3.26. The zero-order valence-electron chi connectivity index (χ0n) is 13.6. The third-order valence-corrected chi connectivity index (χ3v) is 4.00. The fourth-order valence-electron chi connectivity index (χ4n) is 2.69. The third kappa shape index (κ3) is 3.79. The molecule has 1 fully saturated rings. The third-order valence-electron chi connectivity index (χ3n) is 4.00. The molecule has 1 aliphatic heterocycles. The first-order valence-corrected chi connectivity index (χ1v) is 8.10. The average molecular weight is 328 g/mol. The van der Waals surface area contributed by atoms with Crippen molar-refractivity contribution in [3.8, 4) is 11.5 Å². The molecule has 0 saturated carbocycles. The minimum atomic E-state index is -0.197. The number of likely N-dealkylation sites (tertiary alicyclic amines) is 1. The molecule has 24 heavy (non-hydrogen) atoms. The van der Waals surface area contributed by atoms with Crippen molar-refractivity contribution in [2.45, 2.75) is 26.2 Å². The van der Waals surface area contributed by atoms with Crippen molar-refractivity contribution < 1.29 is 14.1 Å². The number of rotatable bonds is 5. The summed E-state index contributed by atoms with van der Waals surface area (Å²) in [7, 11) is 0. The van der Waals surface area contributed by atoms with E-state index in [4.69, 9.17) is 4.52 Å². The Morgan fingerprint density at radius 1 is 1.21 bits per heavy atom. The maximum atomic E-state index is 12.1. The predicted molar refractivity (Wildman–Crippen MR) is 87.2 cm³/mol. The second-order valence-corrected chi connectivity index (χ2v) is 5.82. The molecule has 1 saturated heterocycles. The van der Waals surface area contributed by atoms with Crippen LogP contribution in [0.25, 0.3) is 11.5 Å². The Morgan fingerprint density at radius 2 is 1.92 bits per heavy atom. The highest BCUT2D eigenvalue weighted by molar-refractivity contribution is 5.94. The minimum absolute atomic E-state index is 0.106. The van der Waals surface area contributed by atoms with Crippen molar-refractivity contribution in [2.24, 2.45) is 0 Å². The van der Waals surface area contributed by atoms with Gasteiger partial charge in [-0.2, -0.15) is 4.98 Å². The maximum absolute atomic E-state index is 12.1. The SMILES string of the molecule is Cc1noc(-c2ccc(C(=O)NCCC(=O)N3CCCC3)cc2)n1. The molecule has 2 amide bonds. The number of aromatic nitrogens is 2.